The first-order valence-electron chi connectivity index (χ1n) is 8.47. The molecule has 0 radical (unpaired) electrons. The van der Waals surface area contributed by atoms with Crippen LogP contribution in [0.4, 0.5) is 11.9 Å². The lowest BCUT2D eigenvalue weighted by molar-refractivity contribution is 0.204. The van der Waals surface area contributed by atoms with E-state index in [1.165, 1.54) is 7.11 Å². The monoisotopic (exact) mass is 462 g/mol. The van der Waals surface area contributed by atoms with Gasteiger partial charge in [-0.05, 0) is 23.0 Å². The van der Waals surface area contributed by atoms with Gasteiger partial charge in [0.15, 0.2) is 5.65 Å². The Morgan fingerprint density at radius 2 is 2.11 bits per heavy atom. The van der Waals surface area contributed by atoms with E-state index in [0.29, 0.717) is 34.8 Å². The van der Waals surface area contributed by atoms with E-state index < -0.39 is 10.0 Å². The molecule has 3 rings (SSSR count). The number of ether oxygens (including phenoxy) is 1. The van der Waals surface area contributed by atoms with Gasteiger partial charge in [-0.25, -0.2) is 13.1 Å². The highest BCUT2D eigenvalue weighted by Gasteiger charge is 2.28. The van der Waals surface area contributed by atoms with E-state index in [1.807, 2.05) is 7.05 Å². The van der Waals surface area contributed by atoms with Crippen LogP contribution >= 0.6 is 15.9 Å². The number of rotatable bonds is 10. The summed E-state index contributed by atoms with van der Waals surface area (Å²) in [5, 5.41) is 10.6. The molecule has 1 fully saturated rings. The molecule has 0 bridgehead atoms. The first-order valence-corrected chi connectivity index (χ1v) is 10.9. The summed E-state index contributed by atoms with van der Waals surface area (Å²) < 4.78 is 33.5. The molecule has 0 spiro atoms. The maximum absolute atomic E-state index is 12.0. The van der Waals surface area contributed by atoms with Crippen LogP contribution in [0.5, 0.6) is 0 Å². The minimum absolute atomic E-state index is 0.0917. The molecule has 3 heterocycles. The molecule has 0 unspecified atom stereocenters. The minimum atomic E-state index is -3.40. The van der Waals surface area contributed by atoms with Crippen LogP contribution in [-0.2, 0) is 14.8 Å². The van der Waals surface area contributed by atoms with Crippen molar-refractivity contribution in [3.05, 3.63) is 10.7 Å². The number of methoxy groups -OCH3 is 1. The van der Waals surface area contributed by atoms with Crippen LogP contribution in [0.25, 0.3) is 5.65 Å². The van der Waals surface area contributed by atoms with Gasteiger partial charge in [-0.2, -0.15) is 19.6 Å². The summed E-state index contributed by atoms with van der Waals surface area (Å²) in [5.74, 6) is 0.941. The minimum Gasteiger partial charge on any atom is -0.383 e. The van der Waals surface area contributed by atoms with Gasteiger partial charge in [0.2, 0.25) is 21.9 Å². The molecule has 1 aliphatic rings. The molecule has 27 heavy (non-hydrogen) atoms. The number of halogens is 1. The number of nitrogens with one attached hydrogen (secondary N) is 3. The van der Waals surface area contributed by atoms with Crippen molar-refractivity contribution in [2.24, 2.45) is 0 Å². The maximum atomic E-state index is 12.0. The van der Waals surface area contributed by atoms with Crippen molar-refractivity contribution in [3.8, 4) is 0 Å². The van der Waals surface area contributed by atoms with E-state index in [2.05, 4.69) is 51.3 Å². The predicted molar refractivity (Wildman–Crippen MR) is 106 cm³/mol. The van der Waals surface area contributed by atoms with E-state index in [0.717, 1.165) is 13.1 Å². The van der Waals surface area contributed by atoms with Gasteiger partial charge in [0.1, 0.15) is 4.60 Å². The molecule has 2 aromatic rings. The third kappa shape index (κ3) is 5.04. The predicted octanol–water partition coefficient (Wildman–Crippen LogP) is -0.727. The van der Waals surface area contributed by atoms with Gasteiger partial charge in [-0.3, -0.25) is 0 Å². The van der Waals surface area contributed by atoms with Crippen molar-refractivity contribution < 1.29 is 13.2 Å². The van der Waals surface area contributed by atoms with Crippen LogP contribution in [0.15, 0.2) is 10.7 Å². The van der Waals surface area contributed by atoms with Gasteiger partial charge in [-0.1, -0.05) is 0 Å². The number of aromatic nitrogens is 4. The molecule has 0 aromatic carbocycles. The highest BCUT2D eigenvalue weighted by Crippen LogP contribution is 2.21. The van der Waals surface area contributed by atoms with Crippen molar-refractivity contribution in [1.29, 1.82) is 0 Å². The maximum Gasteiger partial charge on any atom is 0.230 e. The van der Waals surface area contributed by atoms with E-state index in [9.17, 15) is 8.42 Å². The van der Waals surface area contributed by atoms with Gasteiger partial charge in [-0.15, -0.1) is 0 Å². The van der Waals surface area contributed by atoms with Gasteiger partial charge >= 0.3 is 0 Å². The second-order valence-electron chi connectivity index (χ2n) is 6.11. The van der Waals surface area contributed by atoms with Crippen molar-refractivity contribution in [2.75, 3.05) is 62.9 Å². The lowest BCUT2D eigenvalue weighted by atomic mass is 10.1. The van der Waals surface area contributed by atoms with E-state index in [1.54, 1.807) is 10.6 Å². The molecule has 0 aliphatic carbocycles. The van der Waals surface area contributed by atoms with Crippen LogP contribution in [0.3, 0.4) is 0 Å². The summed E-state index contributed by atoms with van der Waals surface area (Å²) in [6.45, 7) is 2.39. The fourth-order valence-corrected chi connectivity index (χ4v) is 3.87. The average molecular weight is 463 g/mol. The first kappa shape index (κ1) is 20.2. The van der Waals surface area contributed by atoms with Gasteiger partial charge in [0.25, 0.3) is 0 Å². The Morgan fingerprint density at radius 1 is 1.33 bits per heavy atom. The number of nitrogens with zero attached hydrogens (tertiary/aromatic N) is 5. The third-order valence-electron chi connectivity index (χ3n) is 4.14. The Bertz CT molecular complexity index is 884. The lowest BCUT2D eigenvalue weighted by Gasteiger charge is -2.39. The Labute approximate surface area is 166 Å². The summed E-state index contributed by atoms with van der Waals surface area (Å²) in [4.78, 5) is 11.1. The first-order chi connectivity index (χ1) is 12.9. The molecule has 0 saturated carbocycles. The fraction of sp³-hybridized carbons (Fsp3) is 0.643. The van der Waals surface area contributed by atoms with Crippen LogP contribution in [-0.4, -0.2) is 86.7 Å². The zero-order valence-corrected chi connectivity index (χ0v) is 17.5. The smallest absolute Gasteiger partial charge is 0.230 e. The number of hydrogen-bond donors (Lipinski definition) is 3. The van der Waals surface area contributed by atoms with E-state index >= 15 is 0 Å². The Hall–Kier alpha value is -1.54. The highest BCUT2D eigenvalue weighted by molar-refractivity contribution is 9.10. The zero-order chi connectivity index (χ0) is 19.4. The molecule has 3 N–H and O–H groups in total. The Kier molecular flexibility index (Phi) is 6.47. The summed E-state index contributed by atoms with van der Waals surface area (Å²) in [6.07, 6.45) is 0. The number of sulfonamides is 1. The van der Waals surface area contributed by atoms with E-state index in [-0.39, 0.29) is 18.8 Å². The SMILES string of the molecule is CNC1CN(c2nc(NCCS(=O)(=O)NCCOC)n3nc(Br)cc3n2)C1. The summed E-state index contributed by atoms with van der Waals surface area (Å²) in [6, 6.07) is 2.20. The van der Waals surface area contributed by atoms with Crippen molar-refractivity contribution in [3.63, 3.8) is 0 Å². The molecule has 0 amide bonds. The summed E-state index contributed by atoms with van der Waals surface area (Å²) >= 11 is 3.34. The molecule has 150 valence electrons. The van der Waals surface area contributed by atoms with Crippen molar-refractivity contribution >= 4 is 43.5 Å². The van der Waals surface area contributed by atoms with Crippen LogP contribution in [0, 0.1) is 0 Å². The topological polar surface area (TPSA) is 126 Å². The van der Waals surface area contributed by atoms with Crippen molar-refractivity contribution in [1.82, 2.24) is 29.6 Å². The molecule has 2 aromatic heterocycles. The molecule has 1 aliphatic heterocycles. The molecule has 1 saturated heterocycles. The number of likely N-dealkylation sites (N-methyl/N-ethyl adjacent to an activating group) is 1. The standard InChI is InChI=1S/C14H23BrN8O3S/c1-16-10-8-22(9-10)14-19-12-7-11(15)21-23(12)13(20-14)17-4-6-27(24,25)18-3-5-26-2/h7,10,16,18H,3-6,8-9H2,1-2H3,(H,17,19,20). The number of fused-ring (bicyclic) bond motifs is 1. The van der Waals surface area contributed by atoms with E-state index in [4.69, 9.17) is 4.74 Å². The highest BCUT2D eigenvalue weighted by atomic mass is 79.9. The van der Waals surface area contributed by atoms with Crippen LogP contribution < -0.4 is 20.3 Å². The normalized spacial score (nSPS) is 15.3. The Morgan fingerprint density at radius 3 is 2.81 bits per heavy atom. The third-order valence-corrected chi connectivity index (χ3v) is 5.91. The van der Waals surface area contributed by atoms with Crippen molar-refractivity contribution in [2.45, 2.75) is 6.04 Å². The second-order valence-corrected chi connectivity index (χ2v) is 8.85. The largest absolute Gasteiger partial charge is 0.383 e. The molecule has 0 atom stereocenters. The lowest BCUT2D eigenvalue weighted by Crippen LogP contribution is -2.57. The summed E-state index contributed by atoms with van der Waals surface area (Å²) in [7, 11) is 0.0494. The molecule has 11 nitrogen and oxygen atoms in total. The summed E-state index contributed by atoms with van der Waals surface area (Å²) in [5.41, 5.74) is 0.628. The molecular formula is C14H23BrN8O3S. The molecule has 13 heteroatoms. The van der Waals surface area contributed by atoms with Gasteiger partial charge in [0, 0.05) is 45.4 Å². The quantitative estimate of drug-likeness (QED) is 0.391. The number of anilines is 2. The number of hydrogen-bond acceptors (Lipinski definition) is 9. The van der Waals surface area contributed by atoms with Gasteiger partial charge < -0.3 is 20.3 Å². The zero-order valence-electron chi connectivity index (χ0n) is 15.1. The molecular weight excluding hydrogens is 440 g/mol. The second kappa shape index (κ2) is 8.65. The average Bonchev–Trinajstić information content (AvgIpc) is 2.94. The Balaban J connectivity index is 1.69. The van der Waals surface area contributed by atoms with Gasteiger partial charge in [0.05, 0.1) is 12.4 Å². The van der Waals surface area contributed by atoms with Crippen LogP contribution in [0.2, 0.25) is 0 Å². The fourth-order valence-electron chi connectivity index (χ4n) is 2.60. The van der Waals surface area contributed by atoms with Crippen LogP contribution in [0.1, 0.15) is 0 Å².